The zero-order valence-electron chi connectivity index (χ0n) is 16.4. The van der Waals surface area contributed by atoms with Crippen LogP contribution in [0.2, 0.25) is 10.0 Å². The molecular formula is C21H20Cl2N2O5S. The van der Waals surface area contributed by atoms with Crippen molar-refractivity contribution in [1.29, 1.82) is 0 Å². The Balaban J connectivity index is 1.85. The van der Waals surface area contributed by atoms with Gasteiger partial charge < -0.3 is 10.1 Å². The minimum atomic E-state index is -4.15. The molecule has 0 aliphatic heterocycles. The zero-order chi connectivity index (χ0) is 22.6. The smallest absolute Gasteiger partial charge is 0.338 e. The summed E-state index contributed by atoms with van der Waals surface area (Å²) in [5, 5.41) is 3.09. The predicted molar refractivity (Wildman–Crippen MR) is 119 cm³/mol. The molecule has 1 fully saturated rings. The van der Waals surface area contributed by atoms with Crippen LogP contribution >= 0.6 is 23.2 Å². The molecule has 164 valence electrons. The maximum Gasteiger partial charge on any atom is 0.338 e. The van der Waals surface area contributed by atoms with Gasteiger partial charge in [-0.25, -0.2) is 13.2 Å². The highest BCUT2D eigenvalue weighted by molar-refractivity contribution is 7.93. The van der Waals surface area contributed by atoms with Crippen LogP contribution in [0, 0.1) is 0 Å². The van der Waals surface area contributed by atoms with Crippen LogP contribution in [-0.4, -0.2) is 39.5 Å². The molecule has 0 bridgehead atoms. The Morgan fingerprint density at radius 3 is 2.45 bits per heavy atom. The molecule has 1 N–H and O–H groups in total. The van der Waals surface area contributed by atoms with E-state index in [1.54, 1.807) is 24.3 Å². The van der Waals surface area contributed by atoms with Crippen LogP contribution in [0.25, 0.3) is 0 Å². The molecule has 2 aromatic rings. The molecule has 1 aliphatic carbocycles. The molecule has 0 aromatic heterocycles. The second-order valence-corrected chi connectivity index (χ2v) is 9.54. The van der Waals surface area contributed by atoms with Gasteiger partial charge in [-0.3, -0.25) is 9.10 Å². The van der Waals surface area contributed by atoms with E-state index in [1.165, 1.54) is 18.2 Å². The average molecular weight is 483 g/mol. The Morgan fingerprint density at radius 2 is 1.84 bits per heavy atom. The molecule has 1 saturated carbocycles. The third-order valence-corrected chi connectivity index (χ3v) is 6.95. The van der Waals surface area contributed by atoms with Crippen molar-refractivity contribution in [2.75, 3.05) is 17.5 Å². The standard InChI is InChI=1S/C21H20Cl2N2O5S/c1-2-11-25(17-8-4-15(22)5-9-17)31(28,29)19-12-14(3-10-18(19)23)21(27)30-13-20(26)24-16-6-7-16/h2-5,8-10,12,16H,1,6-7,11,13H2,(H,24,26). The van der Waals surface area contributed by atoms with E-state index in [0.717, 1.165) is 23.2 Å². The minimum absolute atomic E-state index is 0.0314. The van der Waals surface area contributed by atoms with E-state index in [2.05, 4.69) is 11.9 Å². The lowest BCUT2D eigenvalue weighted by molar-refractivity contribution is -0.124. The Morgan fingerprint density at radius 1 is 1.16 bits per heavy atom. The fraction of sp³-hybridized carbons (Fsp3) is 0.238. The number of ether oxygens (including phenoxy) is 1. The number of anilines is 1. The molecule has 3 rings (SSSR count). The fourth-order valence-electron chi connectivity index (χ4n) is 2.73. The maximum absolute atomic E-state index is 13.3. The average Bonchev–Trinajstić information content (AvgIpc) is 3.55. The third-order valence-electron chi connectivity index (χ3n) is 4.42. The number of nitrogens with one attached hydrogen (secondary N) is 1. The van der Waals surface area contributed by atoms with Crippen LogP contribution in [0.4, 0.5) is 5.69 Å². The highest BCUT2D eigenvalue weighted by Crippen LogP contribution is 2.30. The first-order chi connectivity index (χ1) is 14.7. The number of carbonyl (C=O) groups is 2. The Labute approximate surface area is 190 Å². The topological polar surface area (TPSA) is 92.8 Å². The number of carbonyl (C=O) groups excluding carboxylic acids is 2. The van der Waals surface area contributed by atoms with Crippen molar-refractivity contribution in [1.82, 2.24) is 5.32 Å². The van der Waals surface area contributed by atoms with E-state index >= 15 is 0 Å². The quantitative estimate of drug-likeness (QED) is 0.433. The molecule has 0 spiro atoms. The van der Waals surface area contributed by atoms with Gasteiger partial charge in [0.1, 0.15) is 4.90 Å². The summed E-state index contributed by atoms with van der Waals surface area (Å²) in [7, 11) is -4.15. The van der Waals surface area contributed by atoms with Crippen molar-refractivity contribution >= 4 is 50.8 Å². The number of sulfonamides is 1. The van der Waals surface area contributed by atoms with Gasteiger partial charge in [-0.2, -0.15) is 0 Å². The van der Waals surface area contributed by atoms with E-state index in [-0.39, 0.29) is 28.1 Å². The molecule has 31 heavy (non-hydrogen) atoms. The molecule has 7 nitrogen and oxygen atoms in total. The Kier molecular flexibility index (Phi) is 7.25. The second kappa shape index (κ2) is 9.72. The van der Waals surface area contributed by atoms with Gasteiger partial charge in [-0.05, 0) is 55.3 Å². The number of hydrogen-bond acceptors (Lipinski definition) is 5. The molecule has 0 heterocycles. The first-order valence-corrected chi connectivity index (χ1v) is 11.6. The van der Waals surface area contributed by atoms with Crippen molar-refractivity contribution in [3.05, 3.63) is 70.7 Å². The van der Waals surface area contributed by atoms with Crippen molar-refractivity contribution in [3.8, 4) is 0 Å². The van der Waals surface area contributed by atoms with Crippen LogP contribution in [0.5, 0.6) is 0 Å². The van der Waals surface area contributed by atoms with Crippen molar-refractivity contribution in [2.45, 2.75) is 23.8 Å². The summed E-state index contributed by atoms with van der Waals surface area (Å²) in [6.07, 6.45) is 3.25. The lowest BCUT2D eigenvalue weighted by atomic mass is 10.2. The number of halogens is 2. The molecule has 0 atom stereocenters. The molecular weight excluding hydrogens is 463 g/mol. The number of esters is 1. The Bertz CT molecular complexity index is 1100. The summed E-state index contributed by atoms with van der Waals surface area (Å²) >= 11 is 12.1. The summed E-state index contributed by atoms with van der Waals surface area (Å²) in [4.78, 5) is 23.8. The molecule has 1 amide bonds. The van der Waals surface area contributed by atoms with E-state index < -0.39 is 28.5 Å². The van der Waals surface area contributed by atoms with Crippen LogP contribution in [-0.2, 0) is 19.6 Å². The third kappa shape index (κ3) is 5.78. The largest absolute Gasteiger partial charge is 0.452 e. The summed E-state index contributed by atoms with van der Waals surface area (Å²) in [6, 6.07) is 10.1. The van der Waals surface area contributed by atoms with Crippen LogP contribution in [0.15, 0.2) is 60.0 Å². The lowest BCUT2D eigenvalue weighted by Gasteiger charge is -2.24. The van der Waals surface area contributed by atoms with E-state index in [9.17, 15) is 18.0 Å². The van der Waals surface area contributed by atoms with Gasteiger partial charge in [-0.15, -0.1) is 6.58 Å². The summed E-state index contributed by atoms with van der Waals surface area (Å²) < 4.78 is 32.8. The Hall–Kier alpha value is -2.55. The summed E-state index contributed by atoms with van der Waals surface area (Å²) in [6.45, 7) is 3.13. The maximum atomic E-state index is 13.3. The number of benzene rings is 2. The molecule has 0 saturated heterocycles. The summed E-state index contributed by atoms with van der Waals surface area (Å²) in [5.74, 6) is -1.24. The van der Waals surface area contributed by atoms with E-state index in [1.807, 2.05) is 0 Å². The minimum Gasteiger partial charge on any atom is -0.452 e. The SMILES string of the molecule is C=CCN(c1ccc(Cl)cc1)S(=O)(=O)c1cc(C(=O)OCC(=O)NC2CC2)ccc1Cl. The molecule has 1 aliphatic rings. The van der Waals surface area contributed by atoms with Gasteiger partial charge in [0.05, 0.1) is 22.8 Å². The highest BCUT2D eigenvalue weighted by Gasteiger charge is 2.28. The molecule has 0 unspecified atom stereocenters. The van der Waals surface area contributed by atoms with Gasteiger partial charge >= 0.3 is 5.97 Å². The first-order valence-electron chi connectivity index (χ1n) is 9.37. The van der Waals surface area contributed by atoms with Crippen molar-refractivity contribution in [3.63, 3.8) is 0 Å². The normalized spacial score (nSPS) is 13.4. The number of hydrogen-bond donors (Lipinski definition) is 1. The van der Waals surface area contributed by atoms with E-state index in [4.69, 9.17) is 27.9 Å². The van der Waals surface area contributed by atoms with Crippen LogP contribution in [0.1, 0.15) is 23.2 Å². The zero-order valence-corrected chi connectivity index (χ0v) is 18.7. The highest BCUT2D eigenvalue weighted by atomic mass is 35.5. The van der Waals surface area contributed by atoms with Crippen LogP contribution < -0.4 is 9.62 Å². The van der Waals surface area contributed by atoms with Gasteiger partial charge in [0, 0.05) is 11.1 Å². The fourth-order valence-corrected chi connectivity index (χ4v) is 4.79. The summed E-state index contributed by atoms with van der Waals surface area (Å²) in [5.41, 5.74) is 0.307. The number of nitrogens with zero attached hydrogens (tertiary/aromatic N) is 1. The van der Waals surface area contributed by atoms with Gasteiger partial charge in [0.15, 0.2) is 6.61 Å². The van der Waals surface area contributed by atoms with Crippen molar-refractivity contribution < 1.29 is 22.7 Å². The predicted octanol–water partition coefficient (Wildman–Crippen LogP) is 3.81. The van der Waals surface area contributed by atoms with Gasteiger partial charge in [0.25, 0.3) is 15.9 Å². The molecule has 0 radical (unpaired) electrons. The number of rotatable bonds is 9. The molecule has 10 heteroatoms. The first kappa shape index (κ1) is 23.1. The second-order valence-electron chi connectivity index (χ2n) is 6.86. The van der Waals surface area contributed by atoms with Gasteiger partial charge in [-0.1, -0.05) is 29.3 Å². The number of amides is 1. The monoisotopic (exact) mass is 482 g/mol. The van der Waals surface area contributed by atoms with Crippen molar-refractivity contribution in [2.24, 2.45) is 0 Å². The van der Waals surface area contributed by atoms with E-state index in [0.29, 0.717) is 10.7 Å². The molecule has 2 aromatic carbocycles. The van der Waals surface area contributed by atoms with Gasteiger partial charge in [0.2, 0.25) is 0 Å². The van der Waals surface area contributed by atoms with Crippen LogP contribution in [0.3, 0.4) is 0 Å². The lowest BCUT2D eigenvalue weighted by Crippen LogP contribution is -2.32.